The van der Waals surface area contributed by atoms with Gasteiger partial charge >= 0.3 is 0 Å². The van der Waals surface area contributed by atoms with Gasteiger partial charge in [-0.15, -0.1) is 0 Å². The van der Waals surface area contributed by atoms with Crippen molar-refractivity contribution in [1.82, 2.24) is 0 Å². The number of benzene rings is 6. The highest BCUT2D eigenvalue weighted by Crippen LogP contribution is 2.48. The highest BCUT2D eigenvalue weighted by atomic mass is 14.8. The molecule has 6 aromatic carbocycles. The summed E-state index contributed by atoms with van der Waals surface area (Å²) in [5.74, 6) is 0. The van der Waals surface area contributed by atoms with Gasteiger partial charge in [-0.05, 0) is 44.5 Å². The molecule has 7 rings (SSSR count). The maximum absolute atomic E-state index is 5.78. The normalized spacial score (nSPS) is 15.2. The van der Waals surface area contributed by atoms with Crippen molar-refractivity contribution in [2.24, 2.45) is 4.99 Å². The number of nitrogens with zero attached hydrogens (tertiary/aromatic N) is 1. The van der Waals surface area contributed by atoms with Crippen molar-refractivity contribution in [2.45, 2.75) is 6.04 Å². The van der Waals surface area contributed by atoms with E-state index in [9.17, 15) is 0 Å². The van der Waals surface area contributed by atoms with E-state index in [4.69, 9.17) is 4.99 Å². The van der Waals surface area contributed by atoms with Gasteiger partial charge in [0, 0.05) is 11.1 Å². The first-order chi connectivity index (χ1) is 22.4. The number of rotatable bonds is 7. The maximum atomic E-state index is 5.78. The number of hydrogen-bond donors (Lipinski definition) is 0. The summed E-state index contributed by atoms with van der Waals surface area (Å²) >= 11 is 0. The van der Waals surface area contributed by atoms with E-state index in [0.717, 1.165) is 50.2 Å². The molecule has 1 aliphatic rings. The average molecular weight is 576 g/mol. The lowest BCUT2D eigenvalue weighted by Gasteiger charge is -2.22. The summed E-state index contributed by atoms with van der Waals surface area (Å²) in [7, 11) is 0. The standard InChI is InChI=1S/C44H33N/c1-7-19-33(20-8-1)31-32-39-40(34-21-9-2-10-22-34)42(36-25-13-4-14-26-36)44(38-29-17-6-18-30-38)45-43(37-27-15-5-16-28-37)41(39)35-23-11-3-12-24-35/h1-32,44H/b32-31+. The van der Waals surface area contributed by atoms with Crippen LogP contribution < -0.4 is 0 Å². The fraction of sp³-hybridized carbons (Fsp3) is 0.0227. The quantitative estimate of drug-likeness (QED) is 0.180. The van der Waals surface area contributed by atoms with E-state index >= 15 is 0 Å². The first-order valence-electron chi connectivity index (χ1n) is 15.4. The van der Waals surface area contributed by atoms with Gasteiger partial charge in [-0.1, -0.05) is 194 Å². The van der Waals surface area contributed by atoms with Crippen molar-refractivity contribution in [3.8, 4) is 0 Å². The van der Waals surface area contributed by atoms with Crippen molar-refractivity contribution in [3.05, 3.63) is 227 Å². The molecule has 1 nitrogen and oxygen atoms in total. The van der Waals surface area contributed by atoms with Gasteiger partial charge in [0.15, 0.2) is 0 Å². The molecule has 0 N–H and O–H groups in total. The second kappa shape index (κ2) is 13.2. The monoisotopic (exact) mass is 575 g/mol. The Labute approximate surface area is 265 Å². The van der Waals surface area contributed by atoms with E-state index in [1.54, 1.807) is 0 Å². The number of hydrogen-bond acceptors (Lipinski definition) is 1. The lowest BCUT2D eigenvalue weighted by Crippen LogP contribution is -2.08. The zero-order chi connectivity index (χ0) is 30.3. The Kier molecular flexibility index (Phi) is 8.24. The Morgan fingerprint density at radius 1 is 0.378 bits per heavy atom. The van der Waals surface area contributed by atoms with Crippen LogP contribution in [0.15, 0.2) is 199 Å². The van der Waals surface area contributed by atoms with E-state index in [-0.39, 0.29) is 6.04 Å². The molecule has 0 amide bonds. The SMILES string of the molecule is C(=C\c1ccccc1)/C1=C(c2ccccc2)C(c2ccccc2)=NC(c2ccccc2)C(c2ccccc2)=C1c1ccccc1. The molecule has 0 fully saturated rings. The van der Waals surface area contributed by atoms with Crippen molar-refractivity contribution >= 4 is 28.5 Å². The van der Waals surface area contributed by atoms with Gasteiger partial charge < -0.3 is 0 Å². The van der Waals surface area contributed by atoms with E-state index in [0.29, 0.717) is 0 Å². The van der Waals surface area contributed by atoms with Crippen LogP contribution in [0.25, 0.3) is 22.8 Å². The van der Waals surface area contributed by atoms with Crippen LogP contribution in [-0.4, -0.2) is 5.71 Å². The molecule has 0 saturated carbocycles. The molecule has 0 aromatic heterocycles. The van der Waals surface area contributed by atoms with Gasteiger partial charge in [-0.2, -0.15) is 0 Å². The van der Waals surface area contributed by atoms with E-state index in [1.807, 2.05) is 0 Å². The van der Waals surface area contributed by atoms with Crippen LogP contribution in [0.4, 0.5) is 0 Å². The van der Waals surface area contributed by atoms with E-state index in [1.165, 1.54) is 11.1 Å². The highest BCUT2D eigenvalue weighted by molar-refractivity contribution is 6.36. The van der Waals surface area contributed by atoms with Crippen LogP contribution in [0.3, 0.4) is 0 Å². The summed E-state index contributed by atoms with van der Waals surface area (Å²) in [5.41, 5.74) is 12.4. The van der Waals surface area contributed by atoms with Gasteiger partial charge in [0.25, 0.3) is 0 Å². The fourth-order valence-corrected chi connectivity index (χ4v) is 6.13. The topological polar surface area (TPSA) is 12.4 Å². The first kappa shape index (κ1) is 28.0. The predicted octanol–water partition coefficient (Wildman–Crippen LogP) is 11.0. The molecule has 1 atom stereocenters. The lowest BCUT2D eigenvalue weighted by atomic mass is 9.81. The molecular weight excluding hydrogens is 542 g/mol. The van der Waals surface area contributed by atoms with E-state index in [2.05, 4.69) is 194 Å². The molecule has 0 saturated heterocycles. The Morgan fingerprint density at radius 2 is 0.800 bits per heavy atom. The third-order valence-electron chi connectivity index (χ3n) is 8.19. The minimum absolute atomic E-state index is 0.250. The number of allylic oxidation sites excluding steroid dienone is 4. The van der Waals surface area contributed by atoms with Gasteiger partial charge in [0.05, 0.1) is 5.71 Å². The van der Waals surface area contributed by atoms with Crippen molar-refractivity contribution < 1.29 is 0 Å². The van der Waals surface area contributed by atoms with Crippen molar-refractivity contribution in [2.75, 3.05) is 0 Å². The molecule has 1 heteroatoms. The van der Waals surface area contributed by atoms with Gasteiger partial charge in [0.1, 0.15) is 6.04 Å². The third kappa shape index (κ3) is 6.02. The molecule has 0 bridgehead atoms. The molecule has 0 aliphatic carbocycles. The molecule has 0 spiro atoms. The first-order valence-corrected chi connectivity index (χ1v) is 15.4. The summed E-state index contributed by atoms with van der Waals surface area (Å²) in [6.07, 6.45) is 4.53. The fourth-order valence-electron chi connectivity index (χ4n) is 6.13. The minimum atomic E-state index is -0.250. The Balaban J connectivity index is 1.68. The van der Waals surface area contributed by atoms with Crippen LogP contribution in [0.2, 0.25) is 0 Å². The second-order valence-electron chi connectivity index (χ2n) is 11.1. The van der Waals surface area contributed by atoms with Crippen molar-refractivity contribution in [3.63, 3.8) is 0 Å². The molecule has 6 aromatic rings. The maximum Gasteiger partial charge on any atom is 0.102 e. The van der Waals surface area contributed by atoms with Crippen molar-refractivity contribution in [1.29, 1.82) is 0 Å². The predicted molar refractivity (Wildman–Crippen MR) is 191 cm³/mol. The van der Waals surface area contributed by atoms with E-state index < -0.39 is 0 Å². The summed E-state index contributed by atoms with van der Waals surface area (Å²) in [5, 5.41) is 0. The Hall–Kier alpha value is -5.79. The minimum Gasteiger partial charge on any atom is -0.271 e. The summed E-state index contributed by atoms with van der Waals surface area (Å²) in [6.45, 7) is 0. The van der Waals surface area contributed by atoms with Gasteiger partial charge in [-0.25, -0.2) is 0 Å². The molecule has 1 unspecified atom stereocenters. The molecule has 214 valence electrons. The third-order valence-corrected chi connectivity index (χ3v) is 8.19. The van der Waals surface area contributed by atoms with Crippen LogP contribution in [0.1, 0.15) is 39.4 Å². The summed E-state index contributed by atoms with van der Waals surface area (Å²) in [6, 6.07) is 64.0. The van der Waals surface area contributed by atoms with Crippen LogP contribution in [-0.2, 0) is 0 Å². The van der Waals surface area contributed by atoms with Gasteiger partial charge in [0.2, 0.25) is 0 Å². The lowest BCUT2D eigenvalue weighted by molar-refractivity contribution is 0.938. The number of aliphatic imine (C=N–C) groups is 1. The van der Waals surface area contributed by atoms with Gasteiger partial charge in [-0.3, -0.25) is 4.99 Å². The highest BCUT2D eigenvalue weighted by Gasteiger charge is 2.31. The van der Waals surface area contributed by atoms with Crippen LogP contribution >= 0.6 is 0 Å². The van der Waals surface area contributed by atoms with Crippen LogP contribution in [0, 0.1) is 0 Å². The molecular formula is C44H33N. The largest absolute Gasteiger partial charge is 0.271 e. The Morgan fingerprint density at radius 3 is 1.33 bits per heavy atom. The van der Waals surface area contributed by atoms with Crippen LogP contribution in [0.5, 0.6) is 0 Å². The second-order valence-corrected chi connectivity index (χ2v) is 11.1. The zero-order valence-corrected chi connectivity index (χ0v) is 25.0. The zero-order valence-electron chi connectivity index (χ0n) is 25.0. The molecule has 0 radical (unpaired) electrons. The molecule has 1 heterocycles. The smallest absolute Gasteiger partial charge is 0.102 e. The molecule has 1 aliphatic heterocycles. The molecule has 45 heavy (non-hydrogen) atoms. The Bertz CT molecular complexity index is 1990. The summed E-state index contributed by atoms with van der Waals surface area (Å²) in [4.78, 5) is 5.78. The summed E-state index contributed by atoms with van der Waals surface area (Å²) < 4.78 is 0. The average Bonchev–Trinajstić information content (AvgIpc) is 3.28.